The van der Waals surface area contributed by atoms with E-state index >= 15 is 0 Å². The molecule has 1 aliphatic rings. The fourth-order valence-corrected chi connectivity index (χ4v) is 3.45. The summed E-state index contributed by atoms with van der Waals surface area (Å²) in [5, 5.41) is 13.8. The van der Waals surface area contributed by atoms with E-state index in [0.29, 0.717) is 0 Å². The summed E-state index contributed by atoms with van der Waals surface area (Å²) in [5.41, 5.74) is 1.32. The van der Waals surface area contributed by atoms with E-state index < -0.39 is 0 Å². The number of nitrogens with zero attached hydrogens (tertiary/aromatic N) is 1. The second-order valence-corrected chi connectivity index (χ2v) is 5.92. The molecule has 0 bridgehead atoms. The van der Waals surface area contributed by atoms with Crippen molar-refractivity contribution in [3.05, 3.63) is 15.6 Å². The molecule has 3 nitrogen and oxygen atoms in total. The van der Waals surface area contributed by atoms with Crippen LogP contribution in [0.3, 0.4) is 0 Å². The van der Waals surface area contributed by atoms with Crippen LogP contribution in [0, 0.1) is 0 Å². The Hall–Kier alpha value is -0.450. The Morgan fingerprint density at radius 3 is 2.82 bits per heavy atom. The zero-order valence-corrected chi connectivity index (χ0v) is 11.5. The first-order chi connectivity index (χ1) is 8.24. The molecule has 96 valence electrons. The predicted molar refractivity (Wildman–Crippen MR) is 71.5 cm³/mol. The summed E-state index contributed by atoms with van der Waals surface area (Å²) in [4.78, 5) is 6.23. The van der Waals surface area contributed by atoms with Gasteiger partial charge in [0.05, 0.1) is 18.3 Å². The first-order valence-electron chi connectivity index (χ1n) is 6.60. The molecule has 1 aromatic rings. The molecule has 1 aliphatic carbocycles. The largest absolute Gasteiger partial charge is 0.395 e. The average molecular weight is 254 g/mol. The maximum absolute atomic E-state index is 9.20. The molecule has 1 heterocycles. The number of rotatable bonds is 5. The summed E-state index contributed by atoms with van der Waals surface area (Å²) in [6, 6.07) is 0.439. The van der Waals surface area contributed by atoms with Crippen molar-refractivity contribution in [2.24, 2.45) is 0 Å². The number of hydrogen-bond acceptors (Lipinski definition) is 4. The van der Waals surface area contributed by atoms with Crippen LogP contribution in [0.2, 0.25) is 0 Å². The molecular weight excluding hydrogens is 232 g/mol. The summed E-state index contributed by atoms with van der Waals surface area (Å²) < 4.78 is 0. The third-order valence-electron chi connectivity index (χ3n) is 3.43. The van der Waals surface area contributed by atoms with Crippen molar-refractivity contribution < 1.29 is 5.11 Å². The van der Waals surface area contributed by atoms with Gasteiger partial charge in [0, 0.05) is 10.9 Å². The van der Waals surface area contributed by atoms with E-state index in [1.165, 1.54) is 34.8 Å². The van der Waals surface area contributed by atoms with E-state index in [4.69, 9.17) is 4.98 Å². The van der Waals surface area contributed by atoms with Gasteiger partial charge >= 0.3 is 0 Å². The van der Waals surface area contributed by atoms with E-state index in [1.807, 2.05) is 11.3 Å². The van der Waals surface area contributed by atoms with Crippen molar-refractivity contribution in [3.8, 4) is 0 Å². The van der Waals surface area contributed by atoms with Gasteiger partial charge in [-0.05, 0) is 39.0 Å². The maximum Gasteiger partial charge on any atom is 0.110 e. The maximum atomic E-state index is 9.20. The summed E-state index contributed by atoms with van der Waals surface area (Å²) in [6.45, 7) is 4.43. The van der Waals surface area contributed by atoms with Gasteiger partial charge in [-0.25, -0.2) is 4.98 Å². The summed E-state index contributed by atoms with van der Waals surface area (Å²) in [5.74, 6) is 0. The Morgan fingerprint density at radius 1 is 1.41 bits per heavy atom. The van der Waals surface area contributed by atoms with Crippen LogP contribution in [-0.2, 0) is 12.8 Å². The van der Waals surface area contributed by atoms with E-state index in [9.17, 15) is 5.11 Å². The summed E-state index contributed by atoms with van der Waals surface area (Å²) in [6.07, 6.45) is 5.90. The fourth-order valence-electron chi connectivity index (χ4n) is 2.28. The van der Waals surface area contributed by atoms with E-state index in [2.05, 4.69) is 19.2 Å². The van der Waals surface area contributed by atoms with Crippen LogP contribution in [0.15, 0.2) is 0 Å². The molecule has 0 aliphatic heterocycles. The van der Waals surface area contributed by atoms with Gasteiger partial charge in [-0.15, -0.1) is 11.3 Å². The van der Waals surface area contributed by atoms with Crippen molar-refractivity contribution >= 4 is 11.3 Å². The molecule has 0 saturated heterocycles. The van der Waals surface area contributed by atoms with Gasteiger partial charge < -0.3 is 10.4 Å². The first-order valence-corrected chi connectivity index (χ1v) is 7.41. The number of thiazole rings is 1. The fraction of sp³-hybridized carbons (Fsp3) is 0.769. The highest BCUT2D eigenvalue weighted by Gasteiger charge is 2.19. The highest BCUT2D eigenvalue weighted by molar-refractivity contribution is 7.11. The lowest BCUT2D eigenvalue weighted by Gasteiger charge is -2.18. The van der Waals surface area contributed by atoms with Crippen molar-refractivity contribution in [2.75, 3.05) is 6.61 Å². The lowest BCUT2D eigenvalue weighted by atomic mass is 10.0. The number of nitrogens with one attached hydrogen (secondary N) is 1. The Morgan fingerprint density at radius 2 is 2.18 bits per heavy atom. The molecule has 17 heavy (non-hydrogen) atoms. The Labute approximate surface area is 107 Å². The van der Waals surface area contributed by atoms with Gasteiger partial charge in [0.25, 0.3) is 0 Å². The van der Waals surface area contributed by atoms with Crippen LogP contribution < -0.4 is 5.32 Å². The van der Waals surface area contributed by atoms with Gasteiger partial charge in [0.2, 0.25) is 0 Å². The van der Waals surface area contributed by atoms with E-state index in [1.54, 1.807) is 0 Å². The lowest BCUT2D eigenvalue weighted by molar-refractivity contribution is 0.230. The molecule has 1 aromatic heterocycles. The standard InChI is InChI=1S/C13H22N2OS/c1-3-10(8-16)14-9(2)13-15-11-6-4-5-7-12(11)17-13/h9-10,14,16H,3-8H2,1-2H3. The van der Waals surface area contributed by atoms with Gasteiger partial charge in [-0.3, -0.25) is 0 Å². The van der Waals surface area contributed by atoms with Gasteiger partial charge in [-0.1, -0.05) is 6.92 Å². The summed E-state index contributed by atoms with van der Waals surface area (Å²) in [7, 11) is 0. The topological polar surface area (TPSA) is 45.1 Å². The number of aryl methyl sites for hydroxylation is 2. The minimum atomic E-state index is 0.186. The molecule has 0 aromatic carbocycles. The molecule has 2 atom stereocenters. The molecule has 0 spiro atoms. The Bertz CT molecular complexity index is 337. The van der Waals surface area contributed by atoms with E-state index in [-0.39, 0.29) is 18.7 Å². The van der Waals surface area contributed by atoms with Crippen LogP contribution in [0.25, 0.3) is 0 Å². The van der Waals surface area contributed by atoms with Crippen molar-refractivity contribution in [2.45, 2.75) is 58.0 Å². The average Bonchev–Trinajstić information content (AvgIpc) is 2.79. The zero-order valence-electron chi connectivity index (χ0n) is 10.7. The van der Waals surface area contributed by atoms with Crippen LogP contribution >= 0.6 is 11.3 Å². The quantitative estimate of drug-likeness (QED) is 0.848. The van der Waals surface area contributed by atoms with Crippen LogP contribution in [-0.4, -0.2) is 22.7 Å². The molecule has 0 saturated carbocycles. The first kappa shape index (κ1) is 13.0. The molecule has 0 fully saturated rings. The number of aromatic nitrogens is 1. The van der Waals surface area contributed by atoms with Gasteiger partial charge in [0.1, 0.15) is 5.01 Å². The minimum Gasteiger partial charge on any atom is -0.395 e. The van der Waals surface area contributed by atoms with Crippen LogP contribution in [0.4, 0.5) is 0 Å². The van der Waals surface area contributed by atoms with Crippen molar-refractivity contribution in [1.29, 1.82) is 0 Å². The molecule has 2 N–H and O–H groups in total. The molecule has 0 amide bonds. The predicted octanol–water partition coefficient (Wildman–Crippen LogP) is 2.44. The van der Waals surface area contributed by atoms with Crippen molar-refractivity contribution in [1.82, 2.24) is 10.3 Å². The van der Waals surface area contributed by atoms with E-state index in [0.717, 1.165) is 12.8 Å². The molecule has 2 unspecified atom stereocenters. The zero-order chi connectivity index (χ0) is 12.3. The molecule has 4 heteroatoms. The number of hydrogen-bond donors (Lipinski definition) is 2. The molecule has 2 rings (SSSR count). The number of fused-ring (bicyclic) bond motifs is 1. The smallest absolute Gasteiger partial charge is 0.110 e. The van der Waals surface area contributed by atoms with Crippen LogP contribution in [0.1, 0.15) is 54.7 Å². The number of aliphatic hydroxyl groups excluding tert-OH is 1. The Balaban J connectivity index is 2.03. The third kappa shape index (κ3) is 3.06. The second kappa shape index (κ2) is 5.94. The third-order valence-corrected chi connectivity index (χ3v) is 4.77. The van der Waals surface area contributed by atoms with Gasteiger partial charge in [0.15, 0.2) is 0 Å². The monoisotopic (exact) mass is 254 g/mol. The second-order valence-electron chi connectivity index (χ2n) is 4.81. The molecule has 0 radical (unpaired) electrons. The highest BCUT2D eigenvalue weighted by atomic mass is 32.1. The SMILES string of the molecule is CCC(CO)NC(C)c1nc2c(s1)CCCC2. The summed E-state index contributed by atoms with van der Waals surface area (Å²) >= 11 is 1.85. The normalized spacial score (nSPS) is 18.8. The van der Waals surface area contributed by atoms with Crippen molar-refractivity contribution in [3.63, 3.8) is 0 Å². The van der Waals surface area contributed by atoms with Crippen LogP contribution in [0.5, 0.6) is 0 Å². The highest BCUT2D eigenvalue weighted by Crippen LogP contribution is 2.29. The Kier molecular flexibility index (Phi) is 4.54. The molecular formula is C13H22N2OS. The lowest BCUT2D eigenvalue weighted by Crippen LogP contribution is -2.33. The number of aliphatic hydroxyl groups is 1. The minimum absolute atomic E-state index is 0.186. The van der Waals surface area contributed by atoms with Gasteiger partial charge in [-0.2, -0.15) is 0 Å².